The second kappa shape index (κ2) is 9.72. The van der Waals surface area contributed by atoms with E-state index in [1.54, 1.807) is 0 Å². The van der Waals surface area contributed by atoms with Gasteiger partial charge in [-0.05, 0) is 62.6 Å². The van der Waals surface area contributed by atoms with Crippen molar-refractivity contribution in [1.29, 1.82) is 0 Å². The number of anilines is 1. The van der Waals surface area contributed by atoms with Crippen molar-refractivity contribution < 1.29 is 9.53 Å². The minimum atomic E-state index is 0.0894. The molecule has 1 amide bonds. The fourth-order valence-electron chi connectivity index (χ4n) is 4.89. The molecule has 5 heteroatoms. The first-order chi connectivity index (χ1) is 16.6. The number of aryl methyl sites for hydroxylation is 3. The molecule has 2 heterocycles. The van der Waals surface area contributed by atoms with Gasteiger partial charge in [-0.3, -0.25) is 4.79 Å². The summed E-state index contributed by atoms with van der Waals surface area (Å²) < 4.78 is 8.35. The number of unbranched alkanes of at least 4 members (excludes halogenated alkanes) is 1. The molecule has 1 saturated heterocycles. The highest BCUT2D eigenvalue weighted by Crippen LogP contribution is 2.33. The zero-order chi connectivity index (χ0) is 23.5. The van der Waals surface area contributed by atoms with E-state index >= 15 is 0 Å². The summed E-state index contributed by atoms with van der Waals surface area (Å²) in [5.41, 5.74) is 5.52. The van der Waals surface area contributed by atoms with Crippen molar-refractivity contribution in [3.8, 4) is 5.75 Å². The minimum Gasteiger partial charge on any atom is -0.493 e. The predicted octanol–water partition coefficient (Wildman–Crippen LogP) is 6.03. The molecule has 1 aromatic heterocycles. The maximum absolute atomic E-state index is 12.8. The molecule has 0 radical (unpaired) electrons. The van der Waals surface area contributed by atoms with Gasteiger partial charge < -0.3 is 14.2 Å². The van der Waals surface area contributed by atoms with Gasteiger partial charge in [0.15, 0.2) is 0 Å². The SMILES string of the molecule is Cc1ccc(OCCCCn2c(C3CC(=O)N(c4ccccc4)C3)nc3ccccc32)c(C)c1. The summed E-state index contributed by atoms with van der Waals surface area (Å²) >= 11 is 0. The standard InChI is InChI=1S/C29H31N3O2/c1-21-14-15-27(22(2)18-21)34-17-9-8-16-31-26-13-7-6-12-25(26)30-29(31)23-19-28(33)32(20-23)24-10-4-3-5-11-24/h3-7,10-15,18,23H,8-9,16-17,19-20H2,1-2H3. The van der Waals surface area contributed by atoms with Crippen molar-refractivity contribution in [2.75, 3.05) is 18.1 Å². The number of nitrogens with zero attached hydrogens (tertiary/aromatic N) is 3. The Hall–Kier alpha value is -3.60. The average Bonchev–Trinajstić information content (AvgIpc) is 3.41. The molecule has 4 aromatic rings. The van der Waals surface area contributed by atoms with E-state index in [-0.39, 0.29) is 11.8 Å². The molecule has 0 bridgehead atoms. The minimum absolute atomic E-state index is 0.0894. The molecule has 1 aliphatic rings. The Morgan fingerprint density at radius 1 is 0.971 bits per heavy atom. The van der Waals surface area contributed by atoms with Gasteiger partial charge in [0, 0.05) is 31.1 Å². The van der Waals surface area contributed by atoms with Crippen LogP contribution in [-0.4, -0.2) is 28.6 Å². The molecule has 174 valence electrons. The van der Waals surface area contributed by atoms with Gasteiger partial charge >= 0.3 is 0 Å². The van der Waals surface area contributed by atoms with Crippen LogP contribution in [0.1, 0.15) is 42.1 Å². The number of para-hydroxylation sites is 3. The molecule has 0 aliphatic carbocycles. The van der Waals surface area contributed by atoms with Gasteiger partial charge in [-0.15, -0.1) is 0 Å². The number of rotatable bonds is 8. The van der Waals surface area contributed by atoms with Gasteiger partial charge in [0.25, 0.3) is 0 Å². The first kappa shape index (κ1) is 22.2. The number of carbonyl (C=O) groups is 1. The maximum Gasteiger partial charge on any atom is 0.227 e. The van der Waals surface area contributed by atoms with E-state index in [9.17, 15) is 4.79 Å². The second-order valence-electron chi connectivity index (χ2n) is 9.18. The van der Waals surface area contributed by atoms with E-state index in [1.807, 2.05) is 41.3 Å². The molecule has 1 unspecified atom stereocenters. The van der Waals surface area contributed by atoms with E-state index in [0.29, 0.717) is 19.6 Å². The van der Waals surface area contributed by atoms with Gasteiger partial charge in [-0.2, -0.15) is 0 Å². The largest absolute Gasteiger partial charge is 0.493 e. The normalized spacial score (nSPS) is 15.9. The van der Waals surface area contributed by atoms with Crippen molar-refractivity contribution >= 4 is 22.6 Å². The van der Waals surface area contributed by atoms with Crippen LogP contribution in [0.2, 0.25) is 0 Å². The molecule has 1 aliphatic heterocycles. The van der Waals surface area contributed by atoms with Crippen LogP contribution in [0.5, 0.6) is 5.75 Å². The smallest absolute Gasteiger partial charge is 0.227 e. The van der Waals surface area contributed by atoms with Crippen molar-refractivity contribution in [2.24, 2.45) is 0 Å². The lowest BCUT2D eigenvalue weighted by Gasteiger charge is -2.17. The lowest BCUT2D eigenvalue weighted by Crippen LogP contribution is -2.24. The van der Waals surface area contributed by atoms with Crippen LogP contribution >= 0.6 is 0 Å². The highest BCUT2D eigenvalue weighted by atomic mass is 16.5. The van der Waals surface area contributed by atoms with E-state index in [4.69, 9.17) is 9.72 Å². The third-order valence-corrected chi connectivity index (χ3v) is 6.61. The number of amides is 1. The number of hydrogen-bond donors (Lipinski definition) is 0. The summed E-state index contributed by atoms with van der Waals surface area (Å²) in [6, 6.07) is 24.5. The number of hydrogen-bond acceptors (Lipinski definition) is 3. The summed E-state index contributed by atoms with van der Waals surface area (Å²) in [6.07, 6.45) is 2.44. The van der Waals surface area contributed by atoms with Gasteiger partial charge in [0.05, 0.1) is 17.6 Å². The van der Waals surface area contributed by atoms with Crippen LogP contribution in [-0.2, 0) is 11.3 Å². The predicted molar refractivity (Wildman–Crippen MR) is 137 cm³/mol. The number of fused-ring (bicyclic) bond motifs is 1. The number of benzene rings is 3. The summed E-state index contributed by atoms with van der Waals surface area (Å²) in [4.78, 5) is 19.7. The van der Waals surface area contributed by atoms with Crippen molar-refractivity contribution in [1.82, 2.24) is 9.55 Å². The quantitative estimate of drug-likeness (QED) is 0.306. The third-order valence-electron chi connectivity index (χ3n) is 6.61. The van der Waals surface area contributed by atoms with Crippen molar-refractivity contribution in [2.45, 2.75) is 45.6 Å². The topological polar surface area (TPSA) is 47.4 Å². The summed E-state index contributed by atoms with van der Waals surface area (Å²) in [7, 11) is 0. The number of ether oxygens (including phenoxy) is 1. The van der Waals surface area contributed by atoms with Crippen LogP contribution < -0.4 is 9.64 Å². The average molecular weight is 454 g/mol. The zero-order valence-electron chi connectivity index (χ0n) is 19.9. The van der Waals surface area contributed by atoms with E-state index in [2.05, 4.69) is 54.8 Å². The Labute approximate surface area is 201 Å². The molecule has 3 aromatic carbocycles. The van der Waals surface area contributed by atoms with Gasteiger partial charge in [0.1, 0.15) is 11.6 Å². The van der Waals surface area contributed by atoms with Crippen molar-refractivity contribution in [3.63, 3.8) is 0 Å². The van der Waals surface area contributed by atoms with Crippen LogP contribution in [0, 0.1) is 13.8 Å². The van der Waals surface area contributed by atoms with Crippen LogP contribution in [0.4, 0.5) is 5.69 Å². The highest BCUT2D eigenvalue weighted by Gasteiger charge is 2.34. The Morgan fingerprint density at radius 2 is 1.76 bits per heavy atom. The summed E-state index contributed by atoms with van der Waals surface area (Å²) in [5.74, 6) is 2.23. The first-order valence-corrected chi connectivity index (χ1v) is 12.1. The Morgan fingerprint density at radius 3 is 2.59 bits per heavy atom. The molecular formula is C29H31N3O2. The highest BCUT2D eigenvalue weighted by molar-refractivity contribution is 5.96. The molecule has 0 saturated carbocycles. The molecule has 0 spiro atoms. The third kappa shape index (κ3) is 4.56. The second-order valence-corrected chi connectivity index (χ2v) is 9.18. The molecule has 1 atom stereocenters. The fraction of sp³-hybridized carbons (Fsp3) is 0.310. The van der Waals surface area contributed by atoms with Gasteiger partial charge in [0.2, 0.25) is 5.91 Å². The first-order valence-electron chi connectivity index (χ1n) is 12.1. The number of carbonyl (C=O) groups excluding carboxylic acids is 1. The van der Waals surface area contributed by atoms with E-state index in [1.165, 1.54) is 11.1 Å². The Kier molecular flexibility index (Phi) is 6.35. The van der Waals surface area contributed by atoms with Gasteiger partial charge in [-0.25, -0.2) is 4.98 Å². The molecule has 0 N–H and O–H groups in total. The zero-order valence-corrected chi connectivity index (χ0v) is 19.9. The fourth-order valence-corrected chi connectivity index (χ4v) is 4.89. The lowest BCUT2D eigenvalue weighted by atomic mass is 10.1. The summed E-state index contributed by atoms with van der Waals surface area (Å²) in [6.45, 7) is 6.41. The maximum atomic E-state index is 12.8. The van der Waals surface area contributed by atoms with E-state index < -0.39 is 0 Å². The van der Waals surface area contributed by atoms with Crippen LogP contribution in [0.3, 0.4) is 0 Å². The molecule has 5 nitrogen and oxygen atoms in total. The molecule has 34 heavy (non-hydrogen) atoms. The number of imidazole rings is 1. The summed E-state index contributed by atoms with van der Waals surface area (Å²) in [5, 5.41) is 0. The Bertz CT molecular complexity index is 1300. The van der Waals surface area contributed by atoms with Crippen LogP contribution in [0.15, 0.2) is 72.8 Å². The van der Waals surface area contributed by atoms with Crippen LogP contribution in [0.25, 0.3) is 11.0 Å². The monoisotopic (exact) mass is 453 g/mol. The Balaban J connectivity index is 1.28. The number of aromatic nitrogens is 2. The van der Waals surface area contributed by atoms with E-state index in [0.717, 1.165) is 47.7 Å². The van der Waals surface area contributed by atoms with Crippen molar-refractivity contribution in [3.05, 3.63) is 89.7 Å². The molecule has 1 fully saturated rings. The molecule has 5 rings (SSSR count). The lowest BCUT2D eigenvalue weighted by molar-refractivity contribution is -0.117. The molecular weight excluding hydrogens is 422 g/mol. The van der Waals surface area contributed by atoms with Gasteiger partial charge in [-0.1, -0.05) is 48.0 Å².